The molecule has 0 saturated heterocycles. The molecule has 0 aromatic carbocycles. The van der Waals surface area contributed by atoms with E-state index in [0.717, 1.165) is 6.54 Å². The fourth-order valence-electron chi connectivity index (χ4n) is 0.928. The van der Waals surface area contributed by atoms with Crippen LogP contribution in [0.15, 0.2) is 0 Å². The molecule has 0 bridgehead atoms. The second-order valence-electron chi connectivity index (χ2n) is 3.00. The minimum Gasteiger partial charge on any atom is -0.460 e. The first-order valence-corrected chi connectivity index (χ1v) is 3.89. The highest BCUT2D eigenvalue weighted by atomic mass is 16.6. The number of esters is 1. The lowest BCUT2D eigenvalue weighted by Crippen LogP contribution is -2.29. The topological polar surface area (TPSA) is 38.8 Å². The van der Waals surface area contributed by atoms with Crippen molar-refractivity contribution >= 4 is 5.97 Å². The molecule has 0 aromatic rings. The van der Waals surface area contributed by atoms with Crippen LogP contribution in [-0.2, 0) is 14.3 Å². The Bertz CT molecular complexity index is 136. The summed E-state index contributed by atoms with van der Waals surface area (Å²) >= 11 is 0. The molecular weight excluding hydrogens is 158 g/mol. The fourth-order valence-corrected chi connectivity index (χ4v) is 0.928. The van der Waals surface area contributed by atoms with Gasteiger partial charge < -0.3 is 14.4 Å². The zero-order chi connectivity index (χ0) is 9.56. The van der Waals surface area contributed by atoms with Crippen LogP contribution in [0.3, 0.4) is 0 Å². The third-order valence-electron chi connectivity index (χ3n) is 1.22. The average molecular weight is 175 g/mol. The molecule has 0 aliphatic rings. The summed E-state index contributed by atoms with van der Waals surface area (Å²) in [6.07, 6.45) is -0.0809. The van der Waals surface area contributed by atoms with Gasteiger partial charge in [-0.3, -0.25) is 0 Å². The zero-order valence-electron chi connectivity index (χ0n) is 8.16. The number of rotatable bonds is 5. The predicted molar refractivity (Wildman–Crippen MR) is 46.0 cm³/mol. The standard InChI is InChI=1S/C8H17NO3/c1-7(5-9(2)3)12-8(10)6-11-4/h7H,5-6H2,1-4H3. The molecule has 0 amide bonds. The van der Waals surface area contributed by atoms with Gasteiger partial charge in [-0.25, -0.2) is 4.79 Å². The molecule has 1 atom stereocenters. The van der Waals surface area contributed by atoms with Crippen molar-refractivity contribution in [2.75, 3.05) is 34.4 Å². The SMILES string of the molecule is COCC(=O)OC(C)CN(C)C. The van der Waals surface area contributed by atoms with E-state index < -0.39 is 0 Å². The Balaban J connectivity index is 3.54. The Morgan fingerprint density at radius 1 is 1.50 bits per heavy atom. The Labute approximate surface area is 73.4 Å². The van der Waals surface area contributed by atoms with Gasteiger partial charge in [0.1, 0.15) is 12.7 Å². The van der Waals surface area contributed by atoms with Crippen molar-refractivity contribution in [3.8, 4) is 0 Å². The van der Waals surface area contributed by atoms with E-state index in [2.05, 4.69) is 4.74 Å². The Morgan fingerprint density at radius 2 is 2.08 bits per heavy atom. The molecule has 0 N–H and O–H groups in total. The molecule has 0 spiro atoms. The van der Waals surface area contributed by atoms with Crippen molar-refractivity contribution in [3.63, 3.8) is 0 Å². The van der Waals surface area contributed by atoms with Crippen LogP contribution in [0.2, 0.25) is 0 Å². The molecule has 1 unspecified atom stereocenters. The number of hydrogen-bond acceptors (Lipinski definition) is 4. The lowest BCUT2D eigenvalue weighted by molar-refractivity contribution is -0.153. The molecule has 0 radical (unpaired) electrons. The maximum Gasteiger partial charge on any atom is 0.332 e. The lowest BCUT2D eigenvalue weighted by atomic mass is 10.4. The third kappa shape index (κ3) is 6.12. The number of carbonyl (C=O) groups excluding carboxylic acids is 1. The summed E-state index contributed by atoms with van der Waals surface area (Å²) in [6, 6.07) is 0. The Hall–Kier alpha value is -0.610. The minimum atomic E-state index is -0.313. The van der Waals surface area contributed by atoms with Gasteiger partial charge in [-0.1, -0.05) is 0 Å². The summed E-state index contributed by atoms with van der Waals surface area (Å²) < 4.78 is 9.62. The molecular formula is C8H17NO3. The van der Waals surface area contributed by atoms with Crippen LogP contribution < -0.4 is 0 Å². The normalized spacial score (nSPS) is 13.1. The molecule has 0 saturated carbocycles. The first-order valence-electron chi connectivity index (χ1n) is 3.89. The maximum absolute atomic E-state index is 10.9. The Kier molecular flexibility index (Phi) is 5.66. The van der Waals surface area contributed by atoms with Crippen molar-refractivity contribution in [1.29, 1.82) is 0 Å². The first-order chi connectivity index (χ1) is 5.56. The highest BCUT2D eigenvalue weighted by Gasteiger charge is 2.09. The van der Waals surface area contributed by atoms with Crippen LogP contribution in [0.1, 0.15) is 6.92 Å². The van der Waals surface area contributed by atoms with Gasteiger partial charge in [0, 0.05) is 13.7 Å². The van der Waals surface area contributed by atoms with Gasteiger partial charge in [-0.15, -0.1) is 0 Å². The Morgan fingerprint density at radius 3 is 2.50 bits per heavy atom. The second kappa shape index (κ2) is 5.97. The summed E-state index contributed by atoms with van der Waals surface area (Å²) in [5.74, 6) is -0.313. The molecule has 0 rings (SSSR count). The van der Waals surface area contributed by atoms with E-state index >= 15 is 0 Å². The van der Waals surface area contributed by atoms with Gasteiger partial charge in [0.15, 0.2) is 0 Å². The summed E-state index contributed by atoms with van der Waals surface area (Å²) in [5, 5.41) is 0. The summed E-state index contributed by atoms with van der Waals surface area (Å²) in [7, 11) is 5.33. The highest BCUT2D eigenvalue weighted by molar-refractivity contribution is 5.70. The van der Waals surface area contributed by atoms with Crippen molar-refractivity contribution in [2.24, 2.45) is 0 Å². The summed E-state index contributed by atoms with van der Waals surface area (Å²) in [5.41, 5.74) is 0. The van der Waals surface area contributed by atoms with E-state index in [9.17, 15) is 4.79 Å². The molecule has 0 fully saturated rings. The van der Waals surface area contributed by atoms with Gasteiger partial charge in [0.2, 0.25) is 0 Å². The quantitative estimate of drug-likeness (QED) is 0.557. The van der Waals surface area contributed by atoms with Crippen LogP contribution in [-0.4, -0.2) is 51.3 Å². The van der Waals surface area contributed by atoms with Gasteiger partial charge in [-0.2, -0.15) is 0 Å². The molecule has 4 heteroatoms. The van der Waals surface area contributed by atoms with Crippen LogP contribution in [0.5, 0.6) is 0 Å². The molecule has 0 aromatic heterocycles. The van der Waals surface area contributed by atoms with Gasteiger partial charge in [0.25, 0.3) is 0 Å². The van der Waals surface area contributed by atoms with E-state index in [1.54, 1.807) is 0 Å². The van der Waals surface area contributed by atoms with E-state index in [-0.39, 0.29) is 18.7 Å². The molecule has 0 heterocycles. The molecule has 0 aliphatic carbocycles. The van der Waals surface area contributed by atoms with E-state index in [1.165, 1.54) is 7.11 Å². The van der Waals surface area contributed by atoms with Gasteiger partial charge >= 0.3 is 5.97 Å². The van der Waals surface area contributed by atoms with Crippen molar-refractivity contribution in [1.82, 2.24) is 4.90 Å². The minimum absolute atomic E-state index is 0.0256. The predicted octanol–water partition coefficient (Wildman–Crippen LogP) is 0.126. The van der Waals surface area contributed by atoms with E-state index in [0.29, 0.717) is 0 Å². The van der Waals surface area contributed by atoms with Crippen molar-refractivity contribution < 1.29 is 14.3 Å². The largest absolute Gasteiger partial charge is 0.460 e. The second-order valence-corrected chi connectivity index (χ2v) is 3.00. The smallest absolute Gasteiger partial charge is 0.332 e. The summed E-state index contributed by atoms with van der Waals surface area (Å²) in [4.78, 5) is 12.8. The fraction of sp³-hybridized carbons (Fsp3) is 0.875. The van der Waals surface area contributed by atoms with Crippen LogP contribution in [0.25, 0.3) is 0 Å². The number of likely N-dealkylation sites (N-methyl/N-ethyl adjacent to an activating group) is 1. The number of hydrogen-bond donors (Lipinski definition) is 0. The van der Waals surface area contributed by atoms with Gasteiger partial charge in [-0.05, 0) is 21.0 Å². The van der Waals surface area contributed by atoms with E-state index in [1.807, 2.05) is 25.9 Å². The van der Waals surface area contributed by atoms with Crippen LogP contribution in [0.4, 0.5) is 0 Å². The first kappa shape index (κ1) is 11.4. The van der Waals surface area contributed by atoms with Crippen LogP contribution in [0, 0.1) is 0 Å². The van der Waals surface area contributed by atoms with Gasteiger partial charge in [0.05, 0.1) is 0 Å². The molecule has 72 valence electrons. The number of nitrogens with zero attached hydrogens (tertiary/aromatic N) is 1. The highest BCUT2D eigenvalue weighted by Crippen LogP contribution is 1.93. The number of ether oxygens (including phenoxy) is 2. The van der Waals surface area contributed by atoms with Crippen molar-refractivity contribution in [2.45, 2.75) is 13.0 Å². The number of methoxy groups -OCH3 is 1. The lowest BCUT2D eigenvalue weighted by Gasteiger charge is -2.17. The summed E-state index contributed by atoms with van der Waals surface area (Å²) in [6.45, 7) is 2.61. The van der Waals surface area contributed by atoms with Crippen LogP contribution >= 0.6 is 0 Å². The maximum atomic E-state index is 10.9. The zero-order valence-corrected chi connectivity index (χ0v) is 8.16. The molecule has 4 nitrogen and oxygen atoms in total. The van der Waals surface area contributed by atoms with E-state index in [4.69, 9.17) is 4.74 Å². The molecule has 0 aliphatic heterocycles. The monoisotopic (exact) mass is 175 g/mol. The average Bonchev–Trinajstić information content (AvgIpc) is 1.84. The third-order valence-corrected chi connectivity index (χ3v) is 1.22. The van der Waals surface area contributed by atoms with Crippen molar-refractivity contribution in [3.05, 3.63) is 0 Å². The molecule has 12 heavy (non-hydrogen) atoms. The number of carbonyl (C=O) groups is 1.